The molecule has 0 saturated heterocycles. The predicted molar refractivity (Wildman–Crippen MR) is 126 cm³/mol. The van der Waals surface area contributed by atoms with Gasteiger partial charge in [0.15, 0.2) is 0 Å². The van der Waals surface area contributed by atoms with Crippen molar-refractivity contribution in [2.45, 2.75) is 0 Å². The molecule has 7 nitrogen and oxygen atoms in total. The van der Waals surface area contributed by atoms with Crippen LogP contribution in [-0.2, 0) is 0 Å². The minimum absolute atomic E-state index is 0.246. The van der Waals surface area contributed by atoms with E-state index in [9.17, 15) is 14.4 Å². The van der Waals surface area contributed by atoms with Gasteiger partial charge in [0.2, 0.25) is 0 Å². The number of benzene rings is 3. The molecule has 0 aliphatic carbocycles. The fourth-order valence-corrected chi connectivity index (χ4v) is 3.52. The molecule has 1 heterocycles. The van der Waals surface area contributed by atoms with Gasteiger partial charge >= 0.3 is 0 Å². The summed E-state index contributed by atoms with van der Waals surface area (Å²) in [5, 5.41) is 6.52. The Labute approximate surface area is 192 Å². The standard InChI is InChI=1S/C23H16Cl2N4O3/c1-26-21(30)12-2-4-13(5-3-12)22(31)28-18-8-6-14(24)10-16(18)20-27-19-9-7-15(25)11-17(19)23(32)29-20/h2-11H,1H3,(H,26,30)(H,28,31)(H,27,29,32). The second-order valence-corrected chi connectivity index (χ2v) is 7.75. The Morgan fingerprint density at radius 3 is 2.19 bits per heavy atom. The third kappa shape index (κ3) is 4.34. The molecule has 1 aromatic heterocycles. The van der Waals surface area contributed by atoms with Crippen molar-refractivity contribution in [2.24, 2.45) is 0 Å². The van der Waals surface area contributed by atoms with Gasteiger partial charge in [0.1, 0.15) is 5.82 Å². The number of nitrogens with one attached hydrogen (secondary N) is 3. The van der Waals surface area contributed by atoms with E-state index in [1.165, 1.54) is 13.1 Å². The lowest BCUT2D eigenvalue weighted by Gasteiger charge is -2.12. The molecule has 32 heavy (non-hydrogen) atoms. The zero-order valence-corrected chi connectivity index (χ0v) is 18.2. The number of hydrogen-bond acceptors (Lipinski definition) is 4. The van der Waals surface area contributed by atoms with E-state index in [0.29, 0.717) is 43.3 Å². The van der Waals surface area contributed by atoms with E-state index in [2.05, 4.69) is 20.6 Å². The normalized spacial score (nSPS) is 10.7. The Bertz CT molecular complexity index is 1420. The third-order valence-corrected chi connectivity index (χ3v) is 5.26. The van der Waals surface area contributed by atoms with Crippen molar-refractivity contribution >= 4 is 51.6 Å². The number of carbonyl (C=O) groups excluding carboxylic acids is 2. The number of aromatic nitrogens is 2. The lowest BCUT2D eigenvalue weighted by molar-refractivity contribution is 0.0961. The Kier molecular flexibility index (Phi) is 5.94. The molecule has 0 saturated carbocycles. The summed E-state index contributed by atoms with van der Waals surface area (Å²) in [5.41, 5.74) is 1.74. The lowest BCUT2D eigenvalue weighted by Crippen LogP contribution is -2.18. The van der Waals surface area contributed by atoms with Gasteiger partial charge in [0.05, 0.1) is 16.6 Å². The van der Waals surface area contributed by atoms with E-state index in [4.69, 9.17) is 23.2 Å². The largest absolute Gasteiger partial charge is 0.355 e. The number of amides is 2. The van der Waals surface area contributed by atoms with Gasteiger partial charge in [-0.05, 0) is 60.7 Å². The van der Waals surface area contributed by atoms with E-state index >= 15 is 0 Å². The highest BCUT2D eigenvalue weighted by atomic mass is 35.5. The molecule has 9 heteroatoms. The van der Waals surface area contributed by atoms with Crippen LogP contribution in [0.15, 0.2) is 65.5 Å². The molecular formula is C23H16Cl2N4O3. The van der Waals surface area contributed by atoms with Crippen molar-refractivity contribution in [3.05, 3.63) is 92.2 Å². The SMILES string of the molecule is CNC(=O)c1ccc(C(=O)Nc2ccc(Cl)cc2-c2nc3ccc(Cl)cc3c(=O)[nH]2)cc1. The van der Waals surface area contributed by atoms with Crippen LogP contribution in [0.1, 0.15) is 20.7 Å². The second-order valence-electron chi connectivity index (χ2n) is 6.88. The van der Waals surface area contributed by atoms with Crippen LogP contribution >= 0.6 is 23.2 Å². The van der Waals surface area contributed by atoms with Gasteiger partial charge in [-0.15, -0.1) is 0 Å². The molecule has 0 aliphatic heterocycles. The summed E-state index contributed by atoms with van der Waals surface area (Å²) in [6.07, 6.45) is 0. The van der Waals surface area contributed by atoms with Gasteiger partial charge in [-0.25, -0.2) is 4.98 Å². The number of H-pyrrole nitrogens is 1. The maximum absolute atomic E-state index is 12.8. The van der Waals surface area contributed by atoms with E-state index in [0.717, 1.165) is 0 Å². The molecule has 160 valence electrons. The molecule has 0 aliphatic rings. The van der Waals surface area contributed by atoms with Crippen molar-refractivity contribution < 1.29 is 9.59 Å². The summed E-state index contributed by atoms with van der Waals surface area (Å²) >= 11 is 12.1. The first-order valence-electron chi connectivity index (χ1n) is 9.48. The van der Waals surface area contributed by atoms with Crippen molar-refractivity contribution in [1.82, 2.24) is 15.3 Å². The highest BCUT2D eigenvalue weighted by Crippen LogP contribution is 2.29. The summed E-state index contributed by atoms with van der Waals surface area (Å²) < 4.78 is 0. The quantitative estimate of drug-likeness (QED) is 0.411. The molecule has 0 atom stereocenters. The average Bonchev–Trinajstić information content (AvgIpc) is 2.80. The third-order valence-electron chi connectivity index (χ3n) is 4.79. The Hall–Kier alpha value is -3.68. The molecular weight excluding hydrogens is 451 g/mol. The molecule has 3 aromatic carbocycles. The Morgan fingerprint density at radius 2 is 1.50 bits per heavy atom. The topological polar surface area (TPSA) is 104 Å². The van der Waals surface area contributed by atoms with Crippen LogP contribution in [0, 0.1) is 0 Å². The smallest absolute Gasteiger partial charge is 0.259 e. The van der Waals surface area contributed by atoms with Crippen LogP contribution in [0.4, 0.5) is 5.69 Å². The molecule has 2 amide bonds. The molecule has 0 bridgehead atoms. The molecule has 0 unspecified atom stereocenters. The number of hydrogen-bond donors (Lipinski definition) is 3. The minimum Gasteiger partial charge on any atom is -0.355 e. The van der Waals surface area contributed by atoms with Crippen molar-refractivity contribution in [3.8, 4) is 11.4 Å². The number of halogens is 2. The Balaban J connectivity index is 1.71. The van der Waals surface area contributed by atoms with Gasteiger partial charge in [0, 0.05) is 33.8 Å². The molecule has 4 aromatic rings. The van der Waals surface area contributed by atoms with Gasteiger partial charge in [0.25, 0.3) is 17.4 Å². The van der Waals surface area contributed by atoms with E-state index in [-0.39, 0.29) is 17.3 Å². The van der Waals surface area contributed by atoms with Crippen LogP contribution < -0.4 is 16.2 Å². The maximum atomic E-state index is 12.8. The highest BCUT2D eigenvalue weighted by molar-refractivity contribution is 6.31. The van der Waals surface area contributed by atoms with Crippen LogP contribution in [0.3, 0.4) is 0 Å². The summed E-state index contributed by atoms with van der Waals surface area (Å²) in [4.78, 5) is 44.3. The van der Waals surface area contributed by atoms with Crippen molar-refractivity contribution in [1.29, 1.82) is 0 Å². The summed E-state index contributed by atoms with van der Waals surface area (Å²) in [5.74, 6) is -0.394. The number of nitrogens with zero attached hydrogens (tertiary/aromatic N) is 1. The highest BCUT2D eigenvalue weighted by Gasteiger charge is 2.15. The molecule has 0 fully saturated rings. The predicted octanol–water partition coefficient (Wildman–Crippen LogP) is 4.51. The monoisotopic (exact) mass is 466 g/mol. The minimum atomic E-state index is -0.396. The van der Waals surface area contributed by atoms with Crippen LogP contribution in [-0.4, -0.2) is 28.8 Å². The van der Waals surface area contributed by atoms with E-state index < -0.39 is 5.91 Å². The summed E-state index contributed by atoms with van der Waals surface area (Å²) in [6, 6.07) is 15.9. The van der Waals surface area contributed by atoms with E-state index in [1.54, 1.807) is 54.6 Å². The molecule has 0 radical (unpaired) electrons. The number of fused-ring (bicyclic) bond motifs is 1. The number of carbonyl (C=O) groups is 2. The van der Waals surface area contributed by atoms with Gasteiger partial charge in [-0.2, -0.15) is 0 Å². The number of anilines is 1. The maximum Gasteiger partial charge on any atom is 0.259 e. The molecule has 4 rings (SSSR count). The fourth-order valence-electron chi connectivity index (χ4n) is 3.17. The van der Waals surface area contributed by atoms with Crippen LogP contribution in [0.25, 0.3) is 22.3 Å². The first kappa shape index (κ1) is 21.5. The zero-order chi connectivity index (χ0) is 22.8. The van der Waals surface area contributed by atoms with Gasteiger partial charge in [-0.1, -0.05) is 23.2 Å². The van der Waals surface area contributed by atoms with Crippen molar-refractivity contribution in [2.75, 3.05) is 12.4 Å². The van der Waals surface area contributed by atoms with Crippen LogP contribution in [0.5, 0.6) is 0 Å². The van der Waals surface area contributed by atoms with Crippen molar-refractivity contribution in [3.63, 3.8) is 0 Å². The summed E-state index contributed by atoms with van der Waals surface area (Å²) in [7, 11) is 1.53. The second kappa shape index (κ2) is 8.82. The molecule has 3 N–H and O–H groups in total. The zero-order valence-electron chi connectivity index (χ0n) is 16.7. The first-order chi connectivity index (χ1) is 15.4. The van der Waals surface area contributed by atoms with Crippen LogP contribution in [0.2, 0.25) is 10.0 Å². The van der Waals surface area contributed by atoms with E-state index in [1.807, 2.05) is 0 Å². The van der Waals surface area contributed by atoms with Gasteiger partial charge in [-0.3, -0.25) is 14.4 Å². The first-order valence-corrected chi connectivity index (χ1v) is 10.2. The average molecular weight is 467 g/mol. The number of rotatable bonds is 4. The molecule has 0 spiro atoms. The fraction of sp³-hybridized carbons (Fsp3) is 0.0435. The van der Waals surface area contributed by atoms with Gasteiger partial charge < -0.3 is 15.6 Å². The Morgan fingerprint density at radius 1 is 0.875 bits per heavy atom. The summed E-state index contributed by atoms with van der Waals surface area (Å²) in [6.45, 7) is 0. The number of aromatic amines is 1. The lowest BCUT2D eigenvalue weighted by atomic mass is 10.1.